The zero-order valence-electron chi connectivity index (χ0n) is 15.7. The predicted octanol–water partition coefficient (Wildman–Crippen LogP) is 3.74. The van der Waals surface area contributed by atoms with Gasteiger partial charge >= 0.3 is 5.97 Å². The van der Waals surface area contributed by atoms with E-state index in [9.17, 15) is 19.8 Å². The van der Waals surface area contributed by atoms with Crippen LogP contribution in [0.15, 0.2) is 54.6 Å². The second-order valence-electron chi connectivity index (χ2n) is 6.50. The Morgan fingerprint density at radius 2 is 1.90 bits per heavy atom. The molecule has 29 heavy (non-hydrogen) atoms. The number of carboxylic acids is 1. The molecule has 0 aliphatic rings. The molecule has 1 aromatic heterocycles. The van der Waals surface area contributed by atoms with Crippen molar-refractivity contribution in [1.29, 1.82) is 0 Å². The van der Waals surface area contributed by atoms with E-state index < -0.39 is 17.9 Å². The number of benzene rings is 2. The zero-order chi connectivity index (χ0) is 21.0. The molecule has 0 aliphatic heterocycles. The minimum atomic E-state index is -1.04. The third kappa shape index (κ3) is 4.94. The van der Waals surface area contributed by atoms with Gasteiger partial charge < -0.3 is 15.5 Å². The summed E-state index contributed by atoms with van der Waals surface area (Å²) in [7, 11) is 0. The monoisotopic (exact) mass is 413 g/mol. The fourth-order valence-electron chi connectivity index (χ4n) is 2.92. The Hall–Kier alpha value is -3.32. The predicted molar refractivity (Wildman–Crippen MR) is 109 cm³/mol. The first-order valence-corrected chi connectivity index (χ1v) is 9.41. The average Bonchev–Trinajstić information content (AvgIpc) is 3.09. The van der Waals surface area contributed by atoms with Crippen LogP contribution in [-0.4, -0.2) is 31.9 Å². The molecule has 1 unspecified atom stereocenters. The van der Waals surface area contributed by atoms with Gasteiger partial charge in [0.15, 0.2) is 5.69 Å². The Morgan fingerprint density at radius 3 is 2.52 bits per heavy atom. The van der Waals surface area contributed by atoms with E-state index in [4.69, 9.17) is 11.6 Å². The lowest BCUT2D eigenvalue weighted by atomic mass is 10.0. The third-order valence-corrected chi connectivity index (χ3v) is 4.69. The summed E-state index contributed by atoms with van der Waals surface area (Å²) in [5.41, 5.74) is 2.24. The van der Waals surface area contributed by atoms with Crippen LogP contribution in [0.2, 0.25) is 5.02 Å². The second-order valence-corrected chi connectivity index (χ2v) is 6.93. The van der Waals surface area contributed by atoms with Crippen LogP contribution in [0.25, 0.3) is 5.69 Å². The van der Waals surface area contributed by atoms with Crippen molar-refractivity contribution in [2.45, 2.75) is 25.8 Å². The van der Waals surface area contributed by atoms with Crippen LogP contribution < -0.4 is 5.32 Å². The van der Waals surface area contributed by atoms with Crippen LogP contribution in [0.5, 0.6) is 5.88 Å². The highest BCUT2D eigenvalue weighted by Crippen LogP contribution is 2.22. The van der Waals surface area contributed by atoms with Crippen LogP contribution in [0, 0.1) is 0 Å². The molecule has 3 rings (SSSR count). The highest BCUT2D eigenvalue weighted by Gasteiger charge is 2.22. The molecule has 3 aromatic rings. The van der Waals surface area contributed by atoms with Crippen LogP contribution in [-0.2, 0) is 11.2 Å². The van der Waals surface area contributed by atoms with E-state index in [-0.39, 0.29) is 18.0 Å². The molecule has 8 heteroatoms. The first kappa shape index (κ1) is 20.4. The molecule has 0 saturated heterocycles. The lowest BCUT2D eigenvalue weighted by Gasteiger charge is -2.17. The first-order chi connectivity index (χ1) is 13.9. The number of halogens is 1. The Kier molecular flexibility index (Phi) is 6.19. The Bertz CT molecular complexity index is 1030. The van der Waals surface area contributed by atoms with E-state index in [1.165, 1.54) is 10.7 Å². The van der Waals surface area contributed by atoms with E-state index in [0.29, 0.717) is 16.3 Å². The van der Waals surface area contributed by atoms with E-state index in [0.717, 1.165) is 12.0 Å². The molecule has 0 bridgehead atoms. The van der Waals surface area contributed by atoms with Crippen LogP contribution in [0.1, 0.15) is 41.0 Å². The summed E-state index contributed by atoms with van der Waals surface area (Å²) in [6.45, 7) is 2.02. The lowest BCUT2D eigenvalue weighted by Crippen LogP contribution is -2.30. The number of carboxylic acid groups (broad SMARTS) is 1. The van der Waals surface area contributed by atoms with Gasteiger partial charge in [-0.25, -0.2) is 4.68 Å². The Labute approximate surface area is 172 Å². The van der Waals surface area contributed by atoms with Gasteiger partial charge in [-0.05, 0) is 35.7 Å². The van der Waals surface area contributed by atoms with Crippen LogP contribution in [0.4, 0.5) is 0 Å². The first-order valence-electron chi connectivity index (χ1n) is 9.04. The molecule has 0 radical (unpaired) electrons. The minimum Gasteiger partial charge on any atom is -0.493 e. The van der Waals surface area contributed by atoms with Gasteiger partial charge in [0.2, 0.25) is 5.88 Å². The molecule has 3 N–H and O–H groups in total. The average molecular weight is 414 g/mol. The van der Waals surface area contributed by atoms with Gasteiger partial charge in [-0.1, -0.05) is 48.9 Å². The van der Waals surface area contributed by atoms with Gasteiger partial charge in [-0.3, -0.25) is 9.59 Å². The summed E-state index contributed by atoms with van der Waals surface area (Å²) in [4.78, 5) is 24.0. The number of carbonyl (C=O) groups excluding carboxylic acids is 1. The van der Waals surface area contributed by atoms with Crippen molar-refractivity contribution in [3.8, 4) is 11.6 Å². The maximum absolute atomic E-state index is 12.7. The number of hydrogen-bond donors (Lipinski definition) is 3. The molecule has 0 spiro atoms. The number of aromatic nitrogens is 2. The Balaban J connectivity index is 1.84. The van der Waals surface area contributed by atoms with Crippen molar-refractivity contribution in [2.24, 2.45) is 0 Å². The van der Waals surface area contributed by atoms with Gasteiger partial charge in [0.25, 0.3) is 5.91 Å². The van der Waals surface area contributed by atoms with E-state index in [1.807, 2.05) is 19.1 Å². The maximum Gasteiger partial charge on any atom is 0.305 e. The summed E-state index contributed by atoms with van der Waals surface area (Å²) in [5.74, 6) is -1.87. The van der Waals surface area contributed by atoms with Gasteiger partial charge in [0.1, 0.15) is 0 Å². The molecule has 2 aromatic carbocycles. The van der Waals surface area contributed by atoms with Crippen LogP contribution >= 0.6 is 11.6 Å². The van der Waals surface area contributed by atoms with Gasteiger partial charge in [0.05, 0.1) is 18.2 Å². The quantitative estimate of drug-likeness (QED) is 0.547. The number of aryl methyl sites for hydroxylation is 1. The molecule has 1 atom stereocenters. The number of nitrogens with one attached hydrogen (secondary N) is 1. The number of nitrogens with zero attached hydrogens (tertiary/aromatic N) is 2. The maximum atomic E-state index is 12.7. The van der Waals surface area contributed by atoms with Crippen molar-refractivity contribution in [2.75, 3.05) is 0 Å². The molecular weight excluding hydrogens is 394 g/mol. The fourth-order valence-corrected chi connectivity index (χ4v) is 3.11. The van der Waals surface area contributed by atoms with Gasteiger partial charge in [-0.15, -0.1) is 0 Å². The number of hydrogen-bond acceptors (Lipinski definition) is 4. The zero-order valence-corrected chi connectivity index (χ0v) is 16.4. The summed E-state index contributed by atoms with van der Waals surface area (Å²) in [5, 5.41) is 26.7. The number of aromatic hydroxyl groups is 1. The molecular formula is C21H20ClN3O4. The second kappa shape index (κ2) is 8.79. The van der Waals surface area contributed by atoms with E-state index >= 15 is 0 Å². The molecule has 7 nitrogen and oxygen atoms in total. The number of aliphatic carboxylic acids is 1. The van der Waals surface area contributed by atoms with E-state index in [1.54, 1.807) is 36.4 Å². The smallest absolute Gasteiger partial charge is 0.305 e. The molecule has 0 aliphatic carbocycles. The summed E-state index contributed by atoms with van der Waals surface area (Å²) < 4.78 is 1.18. The molecule has 150 valence electrons. The highest BCUT2D eigenvalue weighted by atomic mass is 35.5. The van der Waals surface area contributed by atoms with Gasteiger partial charge in [0, 0.05) is 11.1 Å². The Morgan fingerprint density at radius 1 is 1.17 bits per heavy atom. The lowest BCUT2D eigenvalue weighted by molar-refractivity contribution is -0.137. The molecule has 1 amide bonds. The summed E-state index contributed by atoms with van der Waals surface area (Å²) >= 11 is 5.97. The SMILES string of the molecule is CCc1ccc(C(CC(=O)O)NC(=O)c2cc(O)n(-c3cccc(Cl)c3)n2)cc1. The largest absolute Gasteiger partial charge is 0.493 e. The van der Waals surface area contributed by atoms with Crippen molar-refractivity contribution in [3.63, 3.8) is 0 Å². The van der Waals surface area contributed by atoms with Crippen molar-refractivity contribution in [1.82, 2.24) is 15.1 Å². The van der Waals surface area contributed by atoms with Crippen molar-refractivity contribution < 1.29 is 19.8 Å². The minimum absolute atomic E-state index is 0.0388. The summed E-state index contributed by atoms with van der Waals surface area (Å²) in [6.07, 6.45) is 0.578. The molecule has 0 fully saturated rings. The normalized spacial score (nSPS) is 11.8. The van der Waals surface area contributed by atoms with Crippen molar-refractivity contribution >= 4 is 23.5 Å². The fraction of sp³-hybridized carbons (Fsp3) is 0.190. The topological polar surface area (TPSA) is 104 Å². The van der Waals surface area contributed by atoms with Crippen molar-refractivity contribution in [3.05, 3.63) is 76.4 Å². The van der Waals surface area contributed by atoms with Gasteiger partial charge in [-0.2, -0.15) is 5.10 Å². The third-order valence-electron chi connectivity index (χ3n) is 4.45. The van der Waals surface area contributed by atoms with E-state index in [2.05, 4.69) is 10.4 Å². The molecule has 1 heterocycles. The summed E-state index contributed by atoms with van der Waals surface area (Å²) in [6, 6.07) is 14.5. The number of rotatable bonds is 7. The standard InChI is InChI=1S/C21H20ClN3O4/c1-2-13-6-8-14(9-7-13)17(12-20(27)28)23-21(29)18-11-19(26)25(24-18)16-5-3-4-15(22)10-16/h3-11,17,26H,2,12H2,1H3,(H,23,29)(H,27,28). The number of amides is 1. The van der Waals surface area contributed by atoms with Crippen LogP contribution in [0.3, 0.4) is 0 Å². The number of carbonyl (C=O) groups is 2. The highest BCUT2D eigenvalue weighted by molar-refractivity contribution is 6.30. The molecule has 0 saturated carbocycles.